The summed E-state index contributed by atoms with van der Waals surface area (Å²) < 4.78 is 37.8. The Bertz CT molecular complexity index is 1020. The smallest absolute Gasteiger partial charge is 0.240 e. The number of hydrogen-bond acceptors (Lipinski definition) is 7. The minimum atomic E-state index is -3.62. The Hall–Kier alpha value is -2.49. The molecule has 1 aliphatic rings. The van der Waals surface area contributed by atoms with Crippen molar-refractivity contribution in [2.75, 3.05) is 13.3 Å². The SMILES string of the molecule is O=S(=O)(NCCc1csc(-c2ccncc2)n1)c1ccc2c(c1)OCO2. The normalized spacial score (nSPS) is 13.1. The van der Waals surface area contributed by atoms with Crippen molar-refractivity contribution in [2.45, 2.75) is 11.3 Å². The third-order valence-electron chi connectivity index (χ3n) is 3.81. The van der Waals surface area contributed by atoms with Crippen LogP contribution in [0.1, 0.15) is 5.69 Å². The molecule has 0 amide bonds. The van der Waals surface area contributed by atoms with Crippen molar-refractivity contribution in [3.05, 3.63) is 53.8 Å². The highest BCUT2D eigenvalue weighted by Crippen LogP contribution is 2.33. The number of pyridine rings is 1. The molecule has 0 spiro atoms. The maximum absolute atomic E-state index is 12.4. The van der Waals surface area contributed by atoms with Gasteiger partial charge in [0.05, 0.1) is 10.6 Å². The third-order valence-corrected chi connectivity index (χ3v) is 6.21. The van der Waals surface area contributed by atoms with Crippen molar-refractivity contribution < 1.29 is 17.9 Å². The molecular weight excluding hydrogens is 374 g/mol. The van der Waals surface area contributed by atoms with Gasteiger partial charge >= 0.3 is 0 Å². The molecule has 9 heteroatoms. The first-order chi connectivity index (χ1) is 12.6. The van der Waals surface area contributed by atoms with Gasteiger partial charge in [-0.15, -0.1) is 11.3 Å². The van der Waals surface area contributed by atoms with Crippen LogP contribution in [0.15, 0.2) is 53.0 Å². The second-order valence-electron chi connectivity index (χ2n) is 5.54. The number of rotatable bonds is 6. The topological polar surface area (TPSA) is 90.4 Å². The second kappa shape index (κ2) is 7.02. The van der Waals surface area contributed by atoms with Gasteiger partial charge < -0.3 is 9.47 Å². The molecule has 1 aromatic carbocycles. The van der Waals surface area contributed by atoms with Crippen LogP contribution in [-0.4, -0.2) is 31.7 Å². The molecule has 0 atom stereocenters. The number of benzene rings is 1. The molecule has 134 valence electrons. The quantitative estimate of drug-likeness (QED) is 0.696. The van der Waals surface area contributed by atoms with E-state index in [0.717, 1.165) is 16.3 Å². The van der Waals surface area contributed by atoms with Crippen LogP contribution in [0.2, 0.25) is 0 Å². The van der Waals surface area contributed by atoms with Crippen LogP contribution in [-0.2, 0) is 16.4 Å². The van der Waals surface area contributed by atoms with Gasteiger partial charge in [0, 0.05) is 42.4 Å². The second-order valence-corrected chi connectivity index (χ2v) is 8.17. The summed E-state index contributed by atoms with van der Waals surface area (Å²) in [6.07, 6.45) is 3.94. The standard InChI is InChI=1S/C17H15N3O4S2/c21-26(22,14-1-2-15-16(9-14)24-11-23-15)19-8-5-13-10-25-17(20-13)12-3-6-18-7-4-12/h1-4,6-7,9-10,19H,5,8,11H2. The highest BCUT2D eigenvalue weighted by molar-refractivity contribution is 7.89. The van der Waals surface area contributed by atoms with E-state index >= 15 is 0 Å². The van der Waals surface area contributed by atoms with Crippen LogP contribution in [0.4, 0.5) is 0 Å². The zero-order valence-electron chi connectivity index (χ0n) is 13.6. The summed E-state index contributed by atoms with van der Waals surface area (Å²) >= 11 is 1.52. The van der Waals surface area contributed by atoms with Crippen LogP contribution in [0.3, 0.4) is 0 Å². The molecule has 7 nitrogen and oxygen atoms in total. The Morgan fingerprint density at radius 1 is 1.12 bits per heavy atom. The largest absolute Gasteiger partial charge is 0.454 e. The molecule has 0 saturated heterocycles. The lowest BCUT2D eigenvalue weighted by molar-refractivity contribution is 0.174. The first kappa shape index (κ1) is 17.0. The van der Waals surface area contributed by atoms with Gasteiger partial charge in [-0.25, -0.2) is 18.1 Å². The van der Waals surface area contributed by atoms with Gasteiger partial charge in [-0.05, 0) is 24.3 Å². The van der Waals surface area contributed by atoms with Gasteiger partial charge in [0.1, 0.15) is 5.01 Å². The van der Waals surface area contributed by atoms with Crippen LogP contribution in [0.25, 0.3) is 10.6 Å². The average Bonchev–Trinajstić information content (AvgIpc) is 3.31. The Morgan fingerprint density at radius 2 is 1.92 bits per heavy atom. The van der Waals surface area contributed by atoms with Crippen molar-refractivity contribution >= 4 is 21.4 Å². The van der Waals surface area contributed by atoms with Crippen molar-refractivity contribution in [1.29, 1.82) is 0 Å². The Kier molecular flexibility index (Phi) is 4.58. The number of nitrogens with zero attached hydrogens (tertiary/aromatic N) is 2. The Labute approximate surface area is 154 Å². The number of fused-ring (bicyclic) bond motifs is 1. The number of sulfonamides is 1. The fourth-order valence-electron chi connectivity index (χ4n) is 2.49. The monoisotopic (exact) mass is 389 g/mol. The van der Waals surface area contributed by atoms with E-state index in [-0.39, 0.29) is 18.2 Å². The molecule has 3 heterocycles. The molecule has 3 aromatic rings. The summed E-state index contributed by atoms with van der Waals surface area (Å²) in [5, 5.41) is 2.82. The summed E-state index contributed by atoms with van der Waals surface area (Å²) in [5.41, 5.74) is 1.84. The predicted molar refractivity (Wildman–Crippen MR) is 96.8 cm³/mol. The average molecular weight is 389 g/mol. The van der Waals surface area contributed by atoms with Crippen molar-refractivity contribution in [3.63, 3.8) is 0 Å². The summed E-state index contributed by atoms with van der Waals surface area (Å²) in [5.74, 6) is 0.990. The van der Waals surface area contributed by atoms with Crippen LogP contribution >= 0.6 is 11.3 Å². The van der Waals surface area contributed by atoms with Crippen LogP contribution in [0, 0.1) is 0 Å². The maximum Gasteiger partial charge on any atom is 0.240 e. The van der Waals surface area contributed by atoms with E-state index < -0.39 is 10.0 Å². The summed E-state index contributed by atoms with van der Waals surface area (Å²) in [6, 6.07) is 8.35. The molecule has 26 heavy (non-hydrogen) atoms. The maximum atomic E-state index is 12.4. The van der Waals surface area contributed by atoms with Crippen LogP contribution in [0.5, 0.6) is 11.5 Å². The number of aromatic nitrogens is 2. The highest BCUT2D eigenvalue weighted by atomic mass is 32.2. The lowest BCUT2D eigenvalue weighted by Crippen LogP contribution is -2.26. The predicted octanol–water partition coefficient (Wildman–Crippen LogP) is 2.45. The molecule has 0 saturated carbocycles. The Morgan fingerprint density at radius 3 is 2.77 bits per heavy atom. The molecule has 0 unspecified atom stereocenters. The molecule has 0 aliphatic carbocycles. The van der Waals surface area contributed by atoms with E-state index in [1.54, 1.807) is 18.5 Å². The van der Waals surface area contributed by atoms with Gasteiger partial charge in [-0.1, -0.05) is 0 Å². The van der Waals surface area contributed by atoms with Gasteiger partial charge in [0.15, 0.2) is 11.5 Å². The summed E-state index contributed by atoms with van der Waals surface area (Å²) in [4.78, 5) is 8.68. The van der Waals surface area contributed by atoms with E-state index in [9.17, 15) is 8.42 Å². The number of nitrogens with one attached hydrogen (secondary N) is 1. The molecule has 0 radical (unpaired) electrons. The lowest BCUT2D eigenvalue weighted by atomic mass is 10.3. The molecule has 0 bridgehead atoms. The highest BCUT2D eigenvalue weighted by Gasteiger charge is 2.20. The molecule has 2 aromatic heterocycles. The minimum absolute atomic E-state index is 0.107. The zero-order valence-corrected chi connectivity index (χ0v) is 15.2. The third kappa shape index (κ3) is 3.55. The summed E-state index contributed by atoms with van der Waals surface area (Å²) in [7, 11) is -3.62. The fourth-order valence-corrected chi connectivity index (χ4v) is 4.40. The fraction of sp³-hybridized carbons (Fsp3) is 0.176. The molecule has 1 N–H and O–H groups in total. The van der Waals surface area contributed by atoms with E-state index in [4.69, 9.17) is 9.47 Å². The van der Waals surface area contributed by atoms with E-state index in [1.165, 1.54) is 23.5 Å². The number of thiazole rings is 1. The van der Waals surface area contributed by atoms with E-state index in [2.05, 4.69) is 14.7 Å². The first-order valence-electron chi connectivity index (χ1n) is 7.86. The molecule has 0 fully saturated rings. The van der Waals surface area contributed by atoms with E-state index in [1.807, 2.05) is 17.5 Å². The van der Waals surface area contributed by atoms with Crippen LogP contribution < -0.4 is 14.2 Å². The minimum Gasteiger partial charge on any atom is -0.454 e. The summed E-state index contributed by atoms with van der Waals surface area (Å²) in [6.45, 7) is 0.367. The molecule has 4 rings (SSSR count). The molecule has 1 aliphatic heterocycles. The van der Waals surface area contributed by atoms with Gasteiger partial charge in [-0.2, -0.15) is 0 Å². The molecular formula is C17H15N3O4S2. The van der Waals surface area contributed by atoms with E-state index in [0.29, 0.717) is 17.9 Å². The number of hydrogen-bond donors (Lipinski definition) is 1. The Balaban J connectivity index is 1.39. The van der Waals surface area contributed by atoms with Gasteiger partial charge in [0.2, 0.25) is 16.8 Å². The number of ether oxygens (including phenoxy) is 2. The van der Waals surface area contributed by atoms with Gasteiger partial charge in [-0.3, -0.25) is 4.98 Å². The zero-order chi connectivity index (χ0) is 18.0. The van der Waals surface area contributed by atoms with Crippen molar-refractivity contribution in [3.8, 4) is 22.1 Å². The first-order valence-corrected chi connectivity index (χ1v) is 10.2. The lowest BCUT2D eigenvalue weighted by Gasteiger charge is -2.06. The van der Waals surface area contributed by atoms with Gasteiger partial charge in [0.25, 0.3) is 0 Å². The van der Waals surface area contributed by atoms with Crippen molar-refractivity contribution in [1.82, 2.24) is 14.7 Å². The van der Waals surface area contributed by atoms with Crippen molar-refractivity contribution in [2.24, 2.45) is 0 Å².